The van der Waals surface area contributed by atoms with Crippen LogP contribution in [-0.2, 0) is 24.9 Å². The summed E-state index contributed by atoms with van der Waals surface area (Å²) in [6, 6.07) is 22.8. The molecule has 0 saturated carbocycles. The van der Waals surface area contributed by atoms with Gasteiger partial charge < -0.3 is 14.5 Å². The van der Waals surface area contributed by atoms with E-state index in [1.807, 2.05) is 24.3 Å². The van der Waals surface area contributed by atoms with Crippen LogP contribution in [0.25, 0.3) is 44.5 Å². The Kier molecular flexibility index (Phi) is 7.77. The van der Waals surface area contributed by atoms with Crippen LogP contribution in [0.4, 0.5) is 0 Å². The standard InChI is InChI=1S/C26H21N2O.C5H8O2.Ir/c1-16(2)18-6-4-7-19(14-18)20-12-13-27-24(15-20)23-9-5-8-21-22-11-10-17(3)28-26(22)29-25(21)23;1-4(6)3-5(2)7;/h4-8,10-16H,1-3H3;3,6H,1-2H3;/q-1;;/b;4-3-;/i3D3;;. The summed E-state index contributed by atoms with van der Waals surface area (Å²) in [5, 5.41) is 9.98. The van der Waals surface area contributed by atoms with Gasteiger partial charge in [0, 0.05) is 47.6 Å². The van der Waals surface area contributed by atoms with Crippen LogP contribution in [0.15, 0.2) is 83.1 Å². The summed E-state index contributed by atoms with van der Waals surface area (Å²) in [5.74, 6) is 0.383. The Morgan fingerprint density at radius 1 is 1.08 bits per heavy atom. The van der Waals surface area contributed by atoms with Crippen molar-refractivity contribution < 1.29 is 38.5 Å². The van der Waals surface area contributed by atoms with Crippen LogP contribution in [0.5, 0.6) is 0 Å². The number of allylic oxidation sites excluding steroid dienone is 2. The Morgan fingerprint density at radius 2 is 1.86 bits per heavy atom. The fraction of sp³-hybridized carbons (Fsp3) is 0.194. The van der Waals surface area contributed by atoms with Gasteiger partial charge in [0.2, 0.25) is 5.71 Å². The summed E-state index contributed by atoms with van der Waals surface area (Å²) in [7, 11) is 0. The van der Waals surface area contributed by atoms with E-state index in [9.17, 15) is 4.79 Å². The first-order valence-corrected chi connectivity index (χ1v) is 11.6. The number of carbonyl (C=O) groups excluding carboxylic acids is 1. The van der Waals surface area contributed by atoms with Gasteiger partial charge in [-0.1, -0.05) is 55.1 Å². The molecule has 0 aliphatic rings. The van der Waals surface area contributed by atoms with Gasteiger partial charge in [-0.25, -0.2) is 4.98 Å². The number of pyridine rings is 2. The molecule has 3 heterocycles. The molecule has 37 heavy (non-hydrogen) atoms. The SMILES string of the molecule is CC(=O)/C=C(/C)O.[2H]C([2H])([2H])c1ccc2c(n1)oc1c(-c3cc(-c4cccc(C(C)C)c4)ccn3)[c-]ccc12.[Ir]. The number of benzene rings is 2. The van der Waals surface area contributed by atoms with E-state index in [1.165, 1.54) is 31.6 Å². The maximum atomic E-state index is 10.0. The van der Waals surface area contributed by atoms with E-state index in [2.05, 4.69) is 54.1 Å². The van der Waals surface area contributed by atoms with Gasteiger partial charge >= 0.3 is 0 Å². The molecule has 0 spiro atoms. The molecule has 5 nitrogen and oxygen atoms in total. The van der Waals surface area contributed by atoms with E-state index >= 15 is 0 Å². The third-order valence-corrected chi connectivity index (χ3v) is 5.61. The first kappa shape index (κ1) is 23.8. The van der Waals surface area contributed by atoms with Crippen LogP contribution < -0.4 is 0 Å². The Bertz CT molecular complexity index is 1690. The quantitative estimate of drug-likeness (QED) is 0.119. The summed E-state index contributed by atoms with van der Waals surface area (Å²) in [4.78, 5) is 18.8. The number of ketones is 1. The molecule has 5 rings (SSSR count). The van der Waals surface area contributed by atoms with E-state index in [4.69, 9.17) is 13.6 Å². The second-order valence-electron chi connectivity index (χ2n) is 8.85. The number of aromatic nitrogens is 2. The summed E-state index contributed by atoms with van der Waals surface area (Å²) >= 11 is 0. The number of hydrogen-bond acceptors (Lipinski definition) is 5. The van der Waals surface area contributed by atoms with Crippen LogP contribution in [0.3, 0.4) is 0 Å². The number of furan rings is 1. The summed E-state index contributed by atoms with van der Waals surface area (Å²) in [5.41, 5.74) is 5.83. The third-order valence-electron chi connectivity index (χ3n) is 5.61. The third kappa shape index (κ3) is 6.59. The number of hydrogen-bond donors (Lipinski definition) is 1. The Hall–Kier alpha value is -3.60. The summed E-state index contributed by atoms with van der Waals surface area (Å²) < 4.78 is 28.9. The molecule has 0 amide bonds. The normalized spacial score (nSPS) is 12.8. The Morgan fingerprint density at radius 3 is 2.54 bits per heavy atom. The van der Waals surface area contributed by atoms with Gasteiger partial charge in [0.15, 0.2) is 5.78 Å². The van der Waals surface area contributed by atoms with Crippen molar-refractivity contribution in [2.24, 2.45) is 0 Å². The number of fused-ring (bicyclic) bond motifs is 3. The minimum Gasteiger partial charge on any atom is -0.512 e. The average Bonchev–Trinajstić information content (AvgIpc) is 3.26. The van der Waals surface area contributed by atoms with E-state index in [-0.39, 0.29) is 37.3 Å². The predicted molar refractivity (Wildman–Crippen MR) is 145 cm³/mol. The van der Waals surface area contributed by atoms with Gasteiger partial charge in [0.1, 0.15) is 0 Å². The van der Waals surface area contributed by atoms with Crippen molar-refractivity contribution in [2.75, 3.05) is 0 Å². The molecule has 191 valence electrons. The fourth-order valence-corrected chi connectivity index (χ4v) is 3.93. The van der Waals surface area contributed by atoms with Gasteiger partial charge in [-0.2, -0.15) is 0 Å². The second kappa shape index (κ2) is 12.1. The summed E-state index contributed by atoms with van der Waals surface area (Å²) in [6.45, 7) is 4.92. The largest absolute Gasteiger partial charge is 0.512 e. The van der Waals surface area contributed by atoms with Crippen molar-refractivity contribution in [3.63, 3.8) is 0 Å². The van der Waals surface area contributed by atoms with Crippen LogP contribution in [0.1, 0.15) is 49.0 Å². The van der Waals surface area contributed by atoms with Crippen molar-refractivity contribution >= 4 is 27.9 Å². The van der Waals surface area contributed by atoms with Gasteiger partial charge in [-0.3, -0.25) is 4.79 Å². The first-order chi connectivity index (χ1) is 18.4. The van der Waals surface area contributed by atoms with Gasteiger partial charge in [-0.15, -0.1) is 18.2 Å². The molecule has 0 unspecified atom stereocenters. The number of aliphatic hydroxyl groups excluding tert-OH is 1. The molecule has 6 heteroatoms. The number of aliphatic hydroxyl groups is 1. The zero-order valence-electron chi connectivity index (χ0n) is 24.0. The van der Waals surface area contributed by atoms with E-state index in [0.717, 1.165) is 33.2 Å². The Labute approximate surface area is 234 Å². The van der Waals surface area contributed by atoms with E-state index < -0.39 is 6.85 Å². The monoisotopic (exact) mass is 673 g/mol. The second-order valence-corrected chi connectivity index (χ2v) is 8.85. The molecule has 0 aliphatic carbocycles. The van der Waals surface area contributed by atoms with Crippen LogP contribution in [-0.4, -0.2) is 20.9 Å². The molecule has 0 aliphatic heterocycles. The first-order valence-electron chi connectivity index (χ1n) is 13.1. The van der Waals surface area contributed by atoms with Gasteiger partial charge in [-0.05, 0) is 67.2 Å². The molecule has 0 atom stereocenters. The molecule has 0 saturated heterocycles. The maximum absolute atomic E-state index is 10.0. The van der Waals surface area contributed by atoms with Crippen molar-refractivity contribution in [3.8, 4) is 22.4 Å². The molecule has 0 fully saturated rings. The maximum Gasteiger partial charge on any atom is 0.216 e. The zero-order valence-corrected chi connectivity index (χ0v) is 23.4. The minimum atomic E-state index is -2.29. The molecule has 2 aromatic carbocycles. The topological polar surface area (TPSA) is 76.2 Å². The van der Waals surface area contributed by atoms with Crippen LogP contribution in [0.2, 0.25) is 0 Å². The number of carbonyl (C=O) groups is 1. The average molecular weight is 673 g/mol. The molecule has 3 aromatic heterocycles. The molecular weight excluding hydrogens is 641 g/mol. The van der Waals surface area contributed by atoms with Crippen LogP contribution >= 0.6 is 0 Å². The van der Waals surface area contributed by atoms with Crippen molar-refractivity contribution in [3.05, 3.63) is 96.0 Å². The van der Waals surface area contributed by atoms with Crippen molar-refractivity contribution in [1.29, 1.82) is 0 Å². The Balaban J connectivity index is 0.000000492. The molecular formula is C31H29IrN2O3-. The van der Waals surface area contributed by atoms with Crippen LogP contribution in [0, 0.1) is 12.9 Å². The number of aryl methyl sites for hydroxylation is 1. The summed E-state index contributed by atoms with van der Waals surface area (Å²) in [6.07, 6.45) is 2.95. The molecule has 0 bridgehead atoms. The predicted octanol–water partition coefficient (Wildman–Crippen LogP) is 7.98. The molecule has 1 radical (unpaired) electrons. The van der Waals surface area contributed by atoms with Crippen molar-refractivity contribution in [1.82, 2.24) is 9.97 Å². The molecule has 1 N–H and O–H groups in total. The van der Waals surface area contributed by atoms with E-state index in [0.29, 0.717) is 17.2 Å². The number of rotatable bonds is 4. The van der Waals surface area contributed by atoms with Crippen molar-refractivity contribution in [2.45, 2.75) is 40.5 Å². The van der Waals surface area contributed by atoms with Gasteiger partial charge in [0.05, 0.1) is 11.3 Å². The zero-order chi connectivity index (χ0) is 28.3. The number of nitrogens with zero attached hydrogens (tertiary/aromatic N) is 2. The minimum absolute atomic E-state index is 0. The molecule has 5 aromatic rings. The smallest absolute Gasteiger partial charge is 0.216 e. The fourth-order valence-electron chi connectivity index (χ4n) is 3.93. The van der Waals surface area contributed by atoms with Gasteiger partial charge in [0.25, 0.3) is 0 Å². The van der Waals surface area contributed by atoms with E-state index in [1.54, 1.807) is 12.3 Å².